The van der Waals surface area contributed by atoms with E-state index in [0.29, 0.717) is 11.9 Å². The molecule has 3 fully saturated rings. The monoisotopic (exact) mass is 307 g/mol. The second-order valence-corrected chi connectivity index (χ2v) is 7.58. The van der Waals surface area contributed by atoms with Crippen molar-refractivity contribution in [2.75, 3.05) is 32.7 Å². The predicted molar refractivity (Wildman–Crippen MR) is 89.8 cm³/mol. The van der Waals surface area contributed by atoms with Crippen LogP contribution < -0.4 is 5.32 Å². The lowest BCUT2D eigenvalue weighted by molar-refractivity contribution is -0.137. The van der Waals surface area contributed by atoms with Crippen molar-refractivity contribution < 1.29 is 4.79 Å². The van der Waals surface area contributed by atoms with Crippen LogP contribution in [0.25, 0.3) is 0 Å². The maximum atomic E-state index is 12.8. The van der Waals surface area contributed by atoms with Gasteiger partial charge in [0.25, 0.3) is 0 Å². The maximum absolute atomic E-state index is 12.8. The van der Waals surface area contributed by atoms with Crippen LogP contribution in [0, 0.1) is 5.92 Å². The first-order chi connectivity index (χ1) is 10.7. The molecule has 1 atom stereocenters. The van der Waals surface area contributed by atoms with E-state index in [4.69, 9.17) is 0 Å². The number of hydrogen-bond acceptors (Lipinski definition) is 3. The van der Waals surface area contributed by atoms with Gasteiger partial charge in [-0.25, -0.2) is 0 Å². The maximum Gasteiger partial charge on any atom is 0.239 e. The van der Waals surface area contributed by atoms with Crippen molar-refractivity contribution in [2.24, 2.45) is 5.92 Å². The second kappa shape index (κ2) is 7.78. The SMILES string of the molecule is CC(C(=O)N1CCC(NCC2CC2)CC1)N1CCCCCC1. The van der Waals surface area contributed by atoms with Crippen LogP contribution in [-0.4, -0.2) is 60.5 Å². The van der Waals surface area contributed by atoms with E-state index in [1.807, 2.05) is 0 Å². The highest BCUT2D eigenvalue weighted by Gasteiger charge is 2.30. The highest BCUT2D eigenvalue weighted by Crippen LogP contribution is 2.28. The van der Waals surface area contributed by atoms with Crippen LogP contribution in [0.15, 0.2) is 0 Å². The van der Waals surface area contributed by atoms with Crippen LogP contribution >= 0.6 is 0 Å². The first-order valence-electron chi connectivity index (χ1n) is 9.50. The molecule has 1 N–H and O–H groups in total. The zero-order chi connectivity index (χ0) is 15.4. The molecule has 1 aliphatic carbocycles. The van der Waals surface area contributed by atoms with Crippen LogP contribution in [0.4, 0.5) is 0 Å². The van der Waals surface area contributed by atoms with Gasteiger partial charge in [0.05, 0.1) is 6.04 Å². The average molecular weight is 307 g/mol. The molecule has 0 aromatic heterocycles. The van der Waals surface area contributed by atoms with E-state index in [-0.39, 0.29) is 6.04 Å². The van der Waals surface area contributed by atoms with Gasteiger partial charge in [0.2, 0.25) is 5.91 Å². The molecule has 0 spiro atoms. The number of nitrogens with zero attached hydrogens (tertiary/aromatic N) is 2. The molecule has 2 heterocycles. The quantitative estimate of drug-likeness (QED) is 0.846. The van der Waals surface area contributed by atoms with Crippen LogP contribution in [0.1, 0.15) is 58.3 Å². The van der Waals surface area contributed by atoms with Crippen molar-refractivity contribution >= 4 is 5.91 Å². The van der Waals surface area contributed by atoms with Gasteiger partial charge >= 0.3 is 0 Å². The fourth-order valence-electron chi connectivity index (χ4n) is 3.86. The number of rotatable bonds is 5. The molecule has 3 aliphatic rings. The smallest absolute Gasteiger partial charge is 0.239 e. The summed E-state index contributed by atoms with van der Waals surface area (Å²) in [5.41, 5.74) is 0. The molecule has 0 bridgehead atoms. The average Bonchev–Trinajstić information content (AvgIpc) is 3.38. The lowest BCUT2D eigenvalue weighted by Crippen LogP contribution is -2.52. The number of nitrogens with one attached hydrogen (secondary N) is 1. The van der Waals surface area contributed by atoms with Gasteiger partial charge in [-0.2, -0.15) is 0 Å². The molecule has 126 valence electrons. The predicted octanol–water partition coefficient (Wildman–Crippen LogP) is 2.24. The lowest BCUT2D eigenvalue weighted by Gasteiger charge is -2.36. The van der Waals surface area contributed by atoms with Gasteiger partial charge in [0, 0.05) is 19.1 Å². The molecule has 0 radical (unpaired) electrons. The van der Waals surface area contributed by atoms with Gasteiger partial charge < -0.3 is 10.2 Å². The summed E-state index contributed by atoms with van der Waals surface area (Å²) in [4.78, 5) is 17.3. The number of likely N-dealkylation sites (tertiary alicyclic amines) is 2. The number of carbonyl (C=O) groups is 1. The van der Waals surface area contributed by atoms with E-state index < -0.39 is 0 Å². The molecule has 1 saturated carbocycles. The molecular weight excluding hydrogens is 274 g/mol. The largest absolute Gasteiger partial charge is 0.341 e. The van der Waals surface area contributed by atoms with Crippen molar-refractivity contribution in [3.8, 4) is 0 Å². The minimum atomic E-state index is 0.0778. The summed E-state index contributed by atoms with van der Waals surface area (Å²) >= 11 is 0. The number of hydrogen-bond donors (Lipinski definition) is 1. The first-order valence-corrected chi connectivity index (χ1v) is 9.50. The van der Waals surface area contributed by atoms with E-state index in [1.54, 1.807) is 0 Å². The Morgan fingerprint density at radius 3 is 2.23 bits per heavy atom. The third kappa shape index (κ3) is 4.45. The zero-order valence-electron chi connectivity index (χ0n) is 14.2. The van der Waals surface area contributed by atoms with Crippen LogP contribution in [-0.2, 0) is 4.79 Å². The van der Waals surface area contributed by atoms with Gasteiger partial charge in [-0.1, -0.05) is 12.8 Å². The van der Waals surface area contributed by atoms with Crippen molar-refractivity contribution in [3.63, 3.8) is 0 Å². The highest BCUT2D eigenvalue weighted by atomic mass is 16.2. The number of piperidine rings is 1. The molecule has 4 heteroatoms. The molecule has 3 rings (SSSR count). The molecule has 4 nitrogen and oxygen atoms in total. The van der Waals surface area contributed by atoms with Crippen LogP contribution in [0.5, 0.6) is 0 Å². The lowest BCUT2D eigenvalue weighted by atomic mass is 10.0. The molecular formula is C18H33N3O. The third-order valence-electron chi connectivity index (χ3n) is 5.74. The number of amides is 1. The Balaban J connectivity index is 1.41. The van der Waals surface area contributed by atoms with Crippen molar-refractivity contribution in [3.05, 3.63) is 0 Å². The molecule has 22 heavy (non-hydrogen) atoms. The molecule has 2 aliphatic heterocycles. The summed E-state index contributed by atoms with van der Waals surface area (Å²) in [6.07, 6.45) is 10.3. The fraction of sp³-hybridized carbons (Fsp3) is 0.944. The van der Waals surface area contributed by atoms with Gasteiger partial charge in [-0.3, -0.25) is 9.69 Å². The van der Waals surface area contributed by atoms with Crippen LogP contribution in [0.3, 0.4) is 0 Å². The summed E-state index contributed by atoms with van der Waals surface area (Å²) in [6.45, 7) is 7.41. The van der Waals surface area contributed by atoms with E-state index in [1.165, 1.54) is 45.1 Å². The molecule has 2 saturated heterocycles. The Kier molecular flexibility index (Phi) is 5.75. The number of carbonyl (C=O) groups excluding carboxylic acids is 1. The van der Waals surface area contributed by atoms with Gasteiger partial charge in [0.15, 0.2) is 0 Å². The Morgan fingerprint density at radius 1 is 1.00 bits per heavy atom. The Labute approximate surface area is 135 Å². The molecule has 1 unspecified atom stereocenters. The van der Waals surface area contributed by atoms with Crippen molar-refractivity contribution in [2.45, 2.75) is 70.4 Å². The van der Waals surface area contributed by atoms with E-state index in [9.17, 15) is 4.79 Å². The molecule has 0 aromatic rings. The van der Waals surface area contributed by atoms with E-state index >= 15 is 0 Å². The standard InChI is InChI=1S/C18H33N3O/c1-15(20-10-4-2-3-5-11-20)18(22)21-12-8-17(9-13-21)19-14-16-6-7-16/h15-17,19H,2-14H2,1H3. The fourth-order valence-corrected chi connectivity index (χ4v) is 3.86. The first kappa shape index (κ1) is 16.3. The van der Waals surface area contributed by atoms with E-state index in [2.05, 4.69) is 22.0 Å². The summed E-state index contributed by atoms with van der Waals surface area (Å²) in [7, 11) is 0. The Hall–Kier alpha value is -0.610. The zero-order valence-corrected chi connectivity index (χ0v) is 14.2. The Bertz CT molecular complexity index is 353. The van der Waals surface area contributed by atoms with Crippen molar-refractivity contribution in [1.29, 1.82) is 0 Å². The van der Waals surface area contributed by atoms with Gasteiger partial charge in [-0.15, -0.1) is 0 Å². The minimum absolute atomic E-state index is 0.0778. The summed E-state index contributed by atoms with van der Waals surface area (Å²) in [6, 6.07) is 0.715. The molecule has 1 amide bonds. The normalized spacial score (nSPS) is 26.7. The Morgan fingerprint density at radius 2 is 1.64 bits per heavy atom. The highest BCUT2D eigenvalue weighted by molar-refractivity contribution is 5.81. The van der Waals surface area contributed by atoms with Gasteiger partial charge in [0.1, 0.15) is 0 Å². The summed E-state index contributed by atoms with van der Waals surface area (Å²) in [5, 5.41) is 3.70. The summed E-state index contributed by atoms with van der Waals surface area (Å²) in [5.74, 6) is 1.31. The minimum Gasteiger partial charge on any atom is -0.341 e. The summed E-state index contributed by atoms with van der Waals surface area (Å²) < 4.78 is 0. The van der Waals surface area contributed by atoms with Gasteiger partial charge in [-0.05, 0) is 71.0 Å². The topological polar surface area (TPSA) is 35.6 Å². The van der Waals surface area contributed by atoms with E-state index in [0.717, 1.165) is 44.9 Å². The van der Waals surface area contributed by atoms with Crippen molar-refractivity contribution in [1.82, 2.24) is 15.1 Å². The third-order valence-corrected chi connectivity index (χ3v) is 5.74. The molecule has 0 aromatic carbocycles. The second-order valence-electron chi connectivity index (χ2n) is 7.58. The van der Waals surface area contributed by atoms with Crippen LogP contribution in [0.2, 0.25) is 0 Å².